The summed E-state index contributed by atoms with van der Waals surface area (Å²) in [5.41, 5.74) is 1.53. The second-order valence-corrected chi connectivity index (χ2v) is 5.07. The minimum atomic E-state index is -0.157. The number of pyridine rings is 1. The Morgan fingerprint density at radius 3 is 2.58 bits per heavy atom. The van der Waals surface area contributed by atoms with Crippen molar-refractivity contribution >= 4 is 28.2 Å². The van der Waals surface area contributed by atoms with Crippen LogP contribution in [0.3, 0.4) is 0 Å². The van der Waals surface area contributed by atoms with Crippen LogP contribution in [0.2, 0.25) is 0 Å². The molecule has 1 N–H and O–H groups in total. The van der Waals surface area contributed by atoms with Crippen LogP contribution in [-0.2, 0) is 11.2 Å². The molecule has 2 aromatic heterocycles. The van der Waals surface area contributed by atoms with Crippen LogP contribution in [0.15, 0.2) is 24.5 Å². The van der Waals surface area contributed by atoms with E-state index in [9.17, 15) is 9.59 Å². The number of hydrogen-bond donors (Lipinski definition) is 1. The highest BCUT2D eigenvalue weighted by Gasteiger charge is 2.13. The van der Waals surface area contributed by atoms with Gasteiger partial charge in [0.05, 0.1) is 17.0 Å². The monoisotopic (exact) mass is 275 g/mol. The van der Waals surface area contributed by atoms with Gasteiger partial charge in [-0.1, -0.05) is 11.3 Å². The van der Waals surface area contributed by atoms with Crippen molar-refractivity contribution in [1.82, 2.24) is 9.97 Å². The molecule has 2 aromatic rings. The van der Waals surface area contributed by atoms with E-state index in [1.807, 2.05) is 0 Å². The quantitative estimate of drug-likeness (QED) is 0.868. The lowest BCUT2D eigenvalue weighted by atomic mass is 10.2. The van der Waals surface area contributed by atoms with Gasteiger partial charge in [0.2, 0.25) is 5.91 Å². The fraction of sp³-hybridized carbons (Fsp3) is 0.231. The maximum Gasteiger partial charge on any atom is 0.230 e. The number of nitrogens with zero attached hydrogens (tertiary/aromatic N) is 2. The van der Waals surface area contributed by atoms with Gasteiger partial charge < -0.3 is 5.32 Å². The first kappa shape index (κ1) is 13.4. The van der Waals surface area contributed by atoms with Gasteiger partial charge in [-0.3, -0.25) is 14.6 Å². The number of carbonyl (C=O) groups is 2. The fourth-order valence-corrected chi connectivity index (χ4v) is 2.50. The molecule has 6 heteroatoms. The van der Waals surface area contributed by atoms with Crippen molar-refractivity contribution in [1.29, 1.82) is 0 Å². The van der Waals surface area contributed by atoms with E-state index in [0.717, 1.165) is 5.56 Å². The summed E-state index contributed by atoms with van der Waals surface area (Å²) in [5.74, 6) is -0.195. The number of ketones is 1. The first-order valence-electron chi connectivity index (χ1n) is 5.73. The largest absolute Gasteiger partial charge is 0.302 e. The summed E-state index contributed by atoms with van der Waals surface area (Å²) in [4.78, 5) is 31.8. The van der Waals surface area contributed by atoms with Gasteiger partial charge in [-0.05, 0) is 24.6 Å². The predicted molar refractivity (Wildman–Crippen MR) is 73.4 cm³/mol. The number of Topliss-reactive ketones (excluding diaryl/α,β-unsaturated/α-hetero) is 1. The number of thiazole rings is 1. The lowest BCUT2D eigenvalue weighted by Gasteiger charge is -2.01. The molecule has 0 radical (unpaired) electrons. The van der Waals surface area contributed by atoms with Crippen LogP contribution >= 0.6 is 11.3 Å². The van der Waals surface area contributed by atoms with Gasteiger partial charge in [-0.2, -0.15) is 0 Å². The van der Waals surface area contributed by atoms with E-state index in [2.05, 4.69) is 15.3 Å². The first-order valence-corrected chi connectivity index (χ1v) is 6.55. The Kier molecular flexibility index (Phi) is 4.01. The molecule has 0 aromatic carbocycles. The Hall–Kier alpha value is -2.08. The third kappa shape index (κ3) is 3.45. The number of aryl methyl sites for hydroxylation is 1. The van der Waals surface area contributed by atoms with E-state index in [-0.39, 0.29) is 18.1 Å². The zero-order valence-electron chi connectivity index (χ0n) is 10.6. The molecule has 98 valence electrons. The predicted octanol–water partition coefficient (Wildman–Crippen LogP) is 2.23. The Balaban J connectivity index is 2.03. The zero-order chi connectivity index (χ0) is 13.8. The highest BCUT2D eigenvalue weighted by molar-refractivity contribution is 7.17. The summed E-state index contributed by atoms with van der Waals surface area (Å²) >= 11 is 1.20. The maximum atomic E-state index is 11.8. The molecule has 5 nitrogen and oxygen atoms in total. The van der Waals surface area contributed by atoms with Crippen LogP contribution in [0.5, 0.6) is 0 Å². The topological polar surface area (TPSA) is 72.0 Å². The lowest BCUT2D eigenvalue weighted by Crippen LogP contribution is -2.14. The minimum Gasteiger partial charge on any atom is -0.302 e. The van der Waals surface area contributed by atoms with Crippen LogP contribution in [0.4, 0.5) is 5.13 Å². The molecule has 19 heavy (non-hydrogen) atoms. The Morgan fingerprint density at radius 1 is 1.32 bits per heavy atom. The number of anilines is 1. The van der Waals surface area contributed by atoms with Crippen LogP contribution in [0.1, 0.15) is 27.9 Å². The molecule has 0 aliphatic heterocycles. The Morgan fingerprint density at radius 2 is 2.00 bits per heavy atom. The van der Waals surface area contributed by atoms with E-state index in [1.54, 1.807) is 31.5 Å². The molecular weight excluding hydrogens is 262 g/mol. The molecule has 0 unspecified atom stereocenters. The summed E-state index contributed by atoms with van der Waals surface area (Å²) < 4.78 is 0. The van der Waals surface area contributed by atoms with Gasteiger partial charge in [0.15, 0.2) is 10.9 Å². The van der Waals surface area contributed by atoms with Crippen LogP contribution in [0, 0.1) is 6.92 Å². The van der Waals surface area contributed by atoms with Crippen molar-refractivity contribution < 1.29 is 9.59 Å². The number of amides is 1. The van der Waals surface area contributed by atoms with Crippen molar-refractivity contribution in [3.8, 4) is 0 Å². The smallest absolute Gasteiger partial charge is 0.230 e. The summed E-state index contributed by atoms with van der Waals surface area (Å²) in [6.45, 7) is 3.24. The summed E-state index contributed by atoms with van der Waals surface area (Å²) in [6, 6.07) is 3.57. The molecule has 0 saturated heterocycles. The number of nitrogens with one attached hydrogen (secondary N) is 1. The van der Waals surface area contributed by atoms with Crippen molar-refractivity contribution in [2.75, 3.05) is 5.32 Å². The van der Waals surface area contributed by atoms with E-state index < -0.39 is 0 Å². The van der Waals surface area contributed by atoms with Crippen LogP contribution in [0.25, 0.3) is 0 Å². The highest BCUT2D eigenvalue weighted by atomic mass is 32.1. The van der Waals surface area contributed by atoms with Crippen molar-refractivity contribution in [3.05, 3.63) is 40.7 Å². The second kappa shape index (κ2) is 5.71. The third-order valence-electron chi connectivity index (χ3n) is 2.48. The van der Waals surface area contributed by atoms with Gasteiger partial charge in [0, 0.05) is 19.3 Å². The van der Waals surface area contributed by atoms with Crippen LogP contribution in [-0.4, -0.2) is 21.7 Å². The molecule has 0 aliphatic carbocycles. The van der Waals surface area contributed by atoms with Crippen molar-refractivity contribution in [2.45, 2.75) is 20.3 Å². The molecule has 0 saturated carbocycles. The van der Waals surface area contributed by atoms with Crippen molar-refractivity contribution in [3.63, 3.8) is 0 Å². The molecule has 2 heterocycles. The number of rotatable bonds is 4. The average molecular weight is 275 g/mol. The van der Waals surface area contributed by atoms with Gasteiger partial charge >= 0.3 is 0 Å². The molecular formula is C13H13N3O2S. The molecule has 0 atom stereocenters. The Bertz CT molecular complexity index is 608. The van der Waals surface area contributed by atoms with Gasteiger partial charge in [-0.15, -0.1) is 0 Å². The normalized spacial score (nSPS) is 10.2. The molecule has 0 fully saturated rings. The SMILES string of the molecule is CC(=O)c1sc(NC(=O)Cc2ccncc2)nc1C. The second-order valence-electron chi connectivity index (χ2n) is 4.07. The van der Waals surface area contributed by atoms with Gasteiger partial charge in [0.25, 0.3) is 0 Å². The zero-order valence-corrected chi connectivity index (χ0v) is 11.5. The molecule has 0 aliphatic rings. The number of hydrogen-bond acceptors (Lipinski definition) is 5. The van der Waals surface area contributed by atoms with E-state index >= 15 is 0 Å². The highest BCUT2D eigenvalue weighted by Crippen LogP contribution is 2.22. The summed E-state index contributed by atoms with van der Waals surface area (Å²) in [7, 11) is 0. The van der Waals surface area contributed by atoms with E-state index in [4.69, 9.17) is 0 Å². The van der Waals surface area contributed by atoms with Crippen LogP contribution < -0.4 is 5.32 Å². The first-order chi connectivity index (χ1) is 9.06. The molecule has 2 rings (SSSR count). The summed E-state index contributed by atoms with van der Waals surface area (Å²) in [5, 5.41) is 3.16. The number of carbonyl (C=O) groups excluding carboxylic acids is 2. The minimum absolute atomic E-state index is 0.0374. The lowest BCUT2D eigenvalue weighted by molar-refractivity contribution is -0.115. The molecule has 0 bridgehead atoms. The fourth-order valence-electron chi connectivity index (χ4n) is 1.63. The van der Waals surface area contributed by atoms with Gasteiger partial charge in [0.1, 0.15) is 0 Å². The molecule has 1 amide bonds. The van der Waals surface area contributed by atoms with E-state index in [0.29, 0.717) is 15.7 Å². The third-order valence-corrected chi connectivity index (χ3v) is 3.65. The van der Waals surface area contributed by atoms with Crippen molar-refractivity contribution in [2.24, 2.45) is 0 Å². The summed E-state index contributed by atoms with van der Waals surface area (Å²) in [6.07, 6.45) is 3.55. The standard InChI is InChI=1S/C13H13N3O2S/c1-8-12(9(2)17)19-13(15-8)16-11(18)7-10-3-5-14-6-4-10/h3-6H,7H2,1-2H3,(H,15,16,18). The van der Waals surface area contributed by atoms with Gasteiger partial charge in [-0.25, -0.2) is 4.98 Å². The maximum absolute atomic E-state index is 11.8. The van der Waals surface area contributed by atoms with E-state index in [1.165, 1.54) is 18.3 Å². The number of aromatic nitrogens is 2. The molecule has 0 spiro atoms. The average Bonchev–Trinajstić information content (AvgIpc) is 2.71. The Labute approximate surface area is 114 Å².